The molecule has 8 nitrogen and oxygen atoms in total. The molecule has 0 aliphatic rings. The van der Waals surface area contributed by atoms with E-state index in [9.17, 15) is 22.4 Å². The number of hydrogen-bond donors (Lipinski definition) is 1. The van der Waals surface area contributed by atoms with Gasteiger partial charge in [0.05, 0.1) is 19.1 Å². The van der Waals surface area contributed by atoms with Gasteiger partial charge >= 0.3 is 0 Å². The topological polar surface area (TPSA) is 96.0 Å². The lowest BCUT2D eigenvalue weighted by Gasteiger charge is -2.31. The molecule has 0 spiro atoms. The highest BCUT2D eigenvalue weighted by molar-refractivity contribution is 7.92. The molecule has 0 heterocycles. The second kappa shape index (κ2) is 11.3. The molecule has 2 aromatic rings. The molecule has 0 saturated carbocycles. The summed E-state index contributed by atoms with van der Waals surface area (Å²) in [6, 6.07) is 8.97. The minimum absolute atomic E-state index is 0.0261. The van der Waals surface area contributed by atoms with Crippen molar-refractivity contribution in [1.29, 1.82) is 0 Å². The van der Waals surface area contributed by atoms with E-state index >= 15 is 0 Å². The van der Waals surface area contributed by atoms with Crippen molar-refractivity contribution in [3.8, 4) is 5.75 Å². The molecule has 0 aliphatic carbocycles. The lowest BCUT2D eigenvalue weighted by molar-refractivity contribution is -0.139. The number of carbonyl (C=O) groups is 2. The van der Waals surface area contributed by atoms with E-state index in [-0.39, 0.29) is 23.0 Å². The molecule has 180 valence electrons. The van der Waals surface area contributed by atoms with E-state index in [4.69, 9.17) is 16.3 Å². The van der Waals surface area contributed by atoms with Crippen LogP contribution < -0.4 is 14.4 Å². The third-order valence-electron chi connectivity index (χ3n) is 4.87. The summed E-state index contributed by atoms with van der Waals surface area (Å²) in [4.78, 5) is 27.1. The molecule has 33 heavy (non-hydrogen) atoms. The standard InChI is InChI=1S/C22H27ClFN3O5S/c1-5-25-22(29)15(2)26(13-16-6-9-18(24)10-7-16)21(28)14-27(33(4,30)31)19-12-17(23)8-11-20(19)32-3/h6-12,15H,5,13-14H2,1-4H3,(H,25,29)/t15-/m0/s1. The highest BCUT2D eigenvalue weighted by Crippen LogP contribution is 2.33. The molecule has 2 amide bonds. The number of halogens is 2. The van der Waals surface area contributed by atoms with Crippen LogP contribution in [0.25, 0.3) is 0 Å². The Hall–Kier alpha value is -2.85. The number of methoxy groups -OCH3 is 1. The maximum absolute atomic E-state index is 13.4. The summed E-state index contributed by atoms with van der Waals surface area (Å²) in [5.41, 5.74) is 0.667. The van der Waals surface area contributed by atoms with Gasteiger partial charge < -0.3 is 15.0 Å². The fraction of sp³-hybridized carbons (Fsp3) is 0.364. The average molecular weight is 500 g/mol. The second-order valence-electron chi connectivity index (χ2n) is 7.30. The number of ether oxygens (including phenoxy) is 1. The Kier molecular flexibility index (Phi) is 9.07. The molecular formula is C22H27ClFN3O5S. The van der Waals surface area contributed by atoms with E-state index < -0.39 is 40.2 Å². The Morgan fingerprint density at radius 3 is 2.36 bits per heavy atom. The lowest BCUT2D eigenvalue weighted by Crippen LogP contribution is -2.51. The summed E-state index contributed by atoms with van der Waals surface area (Å²) >= 11 is 6.06. The van der Waals surface area contributed by atoms with Gasteiger partial charge in [-0.1, -0.05) is 23.7 Å². The zero-order valence-electron chi connectivity index (χ0n) is 18.8. The van der Waals surface area contributed by atoms with Crippen LogP contribution in [-0.4, -0.2) is 57.6 Å². The summed E-state index contributed by atoms with van der Waals surface area (Å²) in [5, 5.41) is 2.91. The molecule has 2 aromatic carbocycles. The van der Waals surface area contributed by atoms with Crippen LogP contribution in [0.4, 0.5) is 10.1 Å². The van der Waals surface area contributed by atoms with Gasteiger partial charge in [-0.05, 0) is 49.7 Å². The second-order valence-corrected chi connectivity index (χ2v) is 9.65. The summed E-state index contributed by atoms with van der Waals surface area (Å²) < 4.78 is 44.7. The number of likely N-dealkylation sites (N-methyl/N-ethyl adjacent to an activating group) is 1. The number of nitrogens with one attached hydrogen (secondary N) is 1. The van der Waals surface area contributed by atoms with Gasteiger partial charge in [-0.25, -0.2) is 12.8 Å². The molecule has 0 bridgehead atoms. The van der Waals surface area contributed by atoms with Crippen molar-refractivity contribution in [2.45, 2.75) is 26.4 Å². The molecule has 0 fully saturated rings. The number of hydrogen-bond acceptors (Lipinski definition) is 5. The fourth-order valence-electron chi connectivity index (χ4n) is 3.14. The van der Waals surface area contributed by atoms with Crippen LogP contribution in [0, 0.1) is 5.82 Å². The van der Waals surface area contributed by atoms with Gasteiger partial charge in [0.25, 0.3) is 0 Å². The molecule has 2 rings (SSSR count). The maximum atomic E-state index is 13.4. The number of amides is 2. The van der Waals surface area contributed by atoms with Crippen molar-refractivity contribution in [2.75, 3.05) is 30.8 Å². The van der Waals surface area contributed by atoms with Gasteiger partial charge in [0.15, 0.2) is 0 Å². The smallest absolute Gasteiger partial charge is 0.244 e. The van der Waals surface area contributed by atoms with Crippen molar-refractivity contribution in [2.24, 2.45) is 0 Å². The summed E-state index contributed by atoms with van der Waals surface area (Å²) in [5.74, 6) is -1.27. The first kappa shape index (κ1) is 26.4. The first-order chi connectivity index (χ1) is 15.5. The first-order valence-electron chi connectivity index (χ1n) is 10.1. The average Bonchev–Trinajstić information content (AvgIpc) is 2.75. The fourth-order valence-corrected chi connectivity index (χ4v) is 4.16. The van der Waals surface area contributed by atoms with Crippen molar-refractivity contribution >= 4 is 39.1 Å². The van der Waals surface area contributed by atoms with Crippen molar-refractivity contribution in [1.82, 2.24) is 10.2 Å². The van der Waals surface area contributed by atoms with Gasteiger partial charge in [-0.3, -0.25) is 13.9 Å². The molecule has 11 heteroatoms. The Balaban J connectivity index is 2.44. The molecule has 0 unspecified atom stereocenters. The number of sulfonamides is 1. The van der Waals surface area contributed by atoms with Crippen LogP contribution >= 0.6 is 11.6 Å². The molecule has 1 N–H and O–H groups in total. The van der Waals surface area contributed by atoms with Crippen molar-refractivity contribution in [3.05, 3.63) is 58.9 Å². The zero-order valence-corrected chi connectivity index (χ0v) is 20.4. The van der Waals surface area contributed by atoms with Gasteiger partial charge in [-0.2, -0.15) is 0 Å². The van der Waals surface area contributed by atoms with E-state index in [0.29, 0.717) is 12.1 Å². The van der Waals surface area contributed by atoms with Gasteiger partial charge in [-0.15, -0.1) is 0 Å². The Labute approximate surface area is 198 Å². The Bertz CT molecular complexity index is 1100. The minimum Gasteiger partial charge on any atom is -0.495 e. The van der Waals surface area contributed by atoms with Gasteiger partial charge in [0.2, 0.25) is 21.8 Å². The highest BCUT2D eigenvalue weighted by atomic mass is 35.5. The number of nitrogens with zero attached hydrogens (tertiary/aromatic N) is 2. The molecule has 0 radical (unpaired) electrons. The van der Waals surface area contributed by atoms with E-state index in [1.807, 2.05) is 0 Å². The Morgan fingerprint density at radius 2 is 1.82 bits per heavy atom. The van der Waals surface area contributed by atoms with Crippen LogP contribution in [-0.2, 0) is 26.2 Å². The summed E-state index contributed by atoms with van der Waals surface area (Å²) in [6.45, 7) is 3.02. The third kappa shape index (κ3) is 7.06. The summed E-state index contributed by atoms with van der Waals surface area (Å²) in [6.07, 6.45) is 0.957. The Morgan fingerprint density at radius 1 is 1.18 bits per heavy atom. The number of rotatable bonds is 10. The largest absolute Gasteiger partial charge is 0.495 e. The quantitative estimate of drug-likeness (QED) is 0.542. The van der Waals surface area contributed by atoms with Crippen LogP contribution in [0.5, 0.6) is 5.75 Å². The van der Waals surface area contributed by atoms with E-state index in [1.165, 1.54) is 61.4 Å². The zero-order chi connectivity index (χ0) is 24.8. The molecular weight excluding hydrogens is 473 g/mol. The first-order valence-corrected chi connectivity index (χ1v) is 12.3. The lowest BCUT2D eigenvalue weighted by atomic mass is 10.1. The third-order valence-corrected chi connectivity index (χ3v) is 6.23. The van der Waals surface area contributed by atoms with Crippen LogP contribution in [0.1, 0.15) is 19.4 Å². The molecule has 0 aromatic heterocycles. The van der Waals surface area contributed by atoms with Crippen molar-refractivity contribution in [3.63, 3.8) is 0 Å². The SMILES string of the molecule is CCNC(=O)[C@H](C)N(Cc1ccc(F)cc1)C(=O)CN(c1cc(Cl)ccc1OC)S(C)(=O)=O. The minimum atomic E-state index is -3.93. The van der Waals surface area contributed by atoms with Gasteiger partial charge in [0.1, 0.15) is 24.2 Å². The molecule has 0 aliphatic heterocycles. The number of benzene rings is 2. The summed E-state index contributed by atoms with van der Waals surface area (Å²) in [7, 11) is -2.57. The molecule has 0 saturated heterocycles. The van der Waals surface area contributed by atoms with E-state index in [0.717, 1.165) is 10.6 Å². The normalized spacial score (nSPS) is 12.1. The van der Waals surface area contributed by atoms with Crippen LogP contribution in [0.2, 0.25) is 5.02 Å². The molecule has 1 atom stereocenters. The monoisotopic (exact) mass is 499 g/mol. The number of anilines is 1. The van der Waals surface area contributed by atoms with E-state index in [2.05, 4.69) is 5.32 Å². The maximum Gasteiger partial charge on any atom is 0.244 e. The highest BCUT2D eigenvalue weighted by Gasteiger charge is 2.31. The van der Waals surface area contributed by atoms with Crippen LogP contribution in [0.15, 0.2) is 42.5 Å². The van der Waals surface area contributed by atoms with Crippen molar-refractivity contribution < 1.29 is 27.1 Å². The van der Waals surface area contributed by atoms with E-state index in [1.54, 1.807) is 6.92 Å². The number of carbonyl (C=O) groups excluding carboxylic acids is 2. The van der Waals surface area contributed by atoms with Crippen LogP contribution in [0.3, 0.4) is 0 Å². The predicted molar refractivity (Wildman–Crippen MR) is 125 cm³/mol. The van der Waals surface area contributed by atoms with Gasteiger partial charge in [0, 0.05) is 18.1 Å². The predicted octanol–water partition coefficient (Wildman–Crippen LogP) is 2.81.